The van der Waals surface area contributed by atoms with E-state index in [-0.39, 0.29) is 0 Å². The number of likely N-dealkylation sites (N-methyl/N-ethyl adjacent to an activating group) is 1. The second-order valence-corrected chi connectivity index (χ2v) is 6.24. The highest BCUT2D eigenvalue weighted by molar-refractivity contribution is 5.78. The molecule has 1 rings (SSSR count). The van der Waals surface area contributed by atoms with E-state index in [2.05, 4.69) is 29.0 Å². The van der Waals surface area contributed by atoms with Crippen molar-refractivity contribution < 1.29 is 9.90 Å². The van der Waals surface area contributed by atoms with Crippen molar-refractivity contribution in [2.24, 2.45) is 0 Å². The number of carboxylic acid groups (broad SMARTS) is 1. The van der Waals surface area contributed by atoms with Crippen LogP contribution in [0.5, 0.6) is 0 Å². The number of piperazine rings is 1. The number of hydrogen-bond acceptors (Lipinski definition) is 4. The molecule has 0 aliphatic carbocycles. The summed E-state index contributed by atoms with van der Waals surface area (Å²) in [6, 6.07) is 0.626. The van der Waals surface area contributed by atoms with Gasteiger partial charge in [0.15, 0.2) is 0 Å². The molecule has 0 saturated carbocycles. The molecule has 5 heteroatoms. The van der Waals surface area contributed by atoms with Crippen LogP contribution in [0.3, 0.4) is 0 Å². The largest absolute Gasteiger partial charge is 0.480 e. The van der Waals surface area contributed by atoms with Gasteiger partial charge in [-0.05, 0) is 46.7 Å². The van der Waals surface area contributed by atoms with Gasteiger partial charge in [0.1, 0.15) is 5.54 Å². The van der Waals surface area contributed by atoms with Crippen LogP contribution in [0, 0.1) is 0 Å². The fourth-order valence-corrected chi connectivity index (χ4v) is 2.82. The number of hydrogen-bond donors (Lipinski definition) is 2. The van der Waals surface area contributed by atoms with Gasteiger partial charge in [0.2, 0.25) is 0 Å². The summed E-state index contributed by atoms with van der Waals surface area (Å²) in [5.41, 5.74) is -0.783. The molecule has 5 nitrogen and oxygen atoms in total. The van der Waals surface area contributed by atoms with E-state index in [0.717, 1.165) is 39.1 Å². The Morgan fingerprint density at radius 2 is 1.90 bits per heavy atom. The lowest BCUT2D eigenvalue weighted by Crippen LogP contribution is -2.51. The normalized spacial score (nSPS) is 21.1. The van der Waals surface area contributed by atoms with Gasteiger partial charge in [0, 0.05) is 32.2 Å². The second kappa shape index (κ2) is 7.96. The molecule has 0 spiro atoms. The van der Waals surface area contributed by atoms with Crippen molar-refractivity contribution in [1.82, 2.24) is 15.1 Å². The van der Waals surface area contributed by atoms with Crippen molar-refractivity contribution in [1.29, 1.82) is 0 Å². The van der Waals surface area contributed by atoms with Crippen LogP contribution in [-0.4, -0.2) is 71.7 Å². The van der Waals surface area contributed by atoms with Gasteiger partial charge in [0.05, 0.1) is 0 Å². The van der Waals surface area contributed by atoms with E-state index in [9.17, 15) is 9.90 Å². The first-order valence-corrected chi connectivity index (χ1v) is 7.84. The summed E-state index contributed by atoms with van der Waals surface area (Å²) in [6.07, 6.45) is 1.61. The maximum absolute atomic E-state index is 11.3. The third-order valence-corrected chi connectivity index (χ3v) is 4.33. The lowest BCUT2D eigenvalue weighted by atomic mass is 9.95. The highest BCUT2D eigenvalue weighted by Gasteiger charge is 2.31. The Kier molecular flexibility index (Phi) is 6.92. The lowest BCUT2D eigenvalue weighted by Gasteiger charge is -2.37. The van der Waals surface area contributed by atoms with Crippen molar-refractivity contribution >= 4 is 5.97 Å². The van der Waals surface area contributed by atoms with Crippen molar-refractivity contribution in [3.05, 3.63) is 0 Å². The van der Waals surface area contributed by atoms with E-state index >= 15 is 0 Å². The molecular weight excluding hydrogens is 254 g/mol. The number of aliphatic carboxylic acids is 1. The first kappa shape index (κ1) is 17.4. The maximum Gasteiger partial charge on any atom is 0.323 e. The van der Waals surface area contributed by atoms with E-state index < -0.39 is 11.5 Å². The van der Waals surface area contributed by atoms with Gasteiger partial charge in [-0.25, -0.2) is 0 Å². The molecule has 0 amide bonds. The third-order valence-electron chi connectivity index (χ3n) is 4.33. The van der Waals surface area contributed by atoms with Gasteiger partial charge in [-0.2, -0.15) is 0 Å². The number of carbonyl (C=O) groups is 1. The van der Waals surface area contributed by atoms with E-state index in [1.54, 1.807) is 6.92 Å². The van der Waals surface area contributed by atoms with Crippen LogP contribution in [-0.2, 0) is 4.79 Å². The van der Waals surface area contributed by atoms with E-state index in [1.165, 1.54) is 0 Å². The zero-order valence-corrected chi connectivity index (χ0v) is 13.5. The molecule has 118 valence electrons. The highest BCUT2D eigenvalue weighted by Crippen LogP contribution is 2.14. The van der Waals surface area contributed by atoms with Crippen molar-refractivity contribution in [2.75, 3.05) is 39.3 Å². The Morgan fingerprint density at radius 3 is 2.35 bits per heavy atom. The molecule has 1 unspecified atom stereocenters. The van der Waals surface area contributed by atoms with Gasteiger partial charge >= 0.3 is 5.97 Å². The molecule has 0 aromatic rings. The maximum atomic E-state index is 11.3. The topological polar surface area (TPSA) is 55.8 Å². The number of nitrogens with zero attached hydrogens (tertiary/aromatic N) is 2. The van der Waals surface area contributed by atoms with Crippen molar-refractivity contribution in [3.8, 4) is 0 Å². The summed E-state index contributed by atoms with van der Waals surface area (Å²) in [7, 11) is 0. The van der Waals surface area contributed by atoms with E-state index in [0.29, 0.717) is 19.0 Å². The molecule has 1 fully saturated rings. The van der Waals surface area contributed by atoms with Crippen molar-refractivity contribution in [3.63, 3.8) is 0 Å². The molecule has 0 radical (unpaired) electrons. The summed E-state index contributed by atoms with van der Waals surface area (Å²) in [5.74, 6) is -0.746. The summed E-state index contributed by atoms with van der Waals surface area (Å²) in [4.78, 5) is 16.3. The monoisotopic (exact) mass is 285 g/mol. The van der Waals surface area contributed by atoms with Crippen LogP contribution >= 0.6 is 0 Å². The van der Waals surface area contributed by atoms with Crippen molar-refractivity contribution in [2.45, 2.75) is 52.1 Å². The quantitative estimate of drug-likeness (QED) is 0.703. The Bertz CT molecular complexity index is 301. The second-order valence-electron chi connectivity index (χ2n) is 6.24. The van der Waals surface area contributed by atoms with Crippen LogP contribution in [0.1, 0.15) is 40.5 Å². The number of rotatable bonds is 8. The minimum absolute atomic E-state index is 0.626. The average molecular weight is 285 g/mol. The van der Waals surface area contributed by atoms with Crippen LogP contribution < -0.4 is 5.32 Å². The molecule has 0 aromatic carbocycles. The molecule has 0 aromatic heterocycles. The molecule has 1 aliphatic rings. The molecule has 1 aliphatic heterocycles. The van der Waals surface area contributed by atoms with Crippen LogP contribution in [0.25, 0.3) is 0 Å². The molecule has 20 heavy (non-hydrogen) atoms. The first-order valence-electron chi connectivity index (χ1n) is 7.84. The minimum atomic E-state index is -0.783. The Labute approximate surface area is 123 Å². The van der Waals surface area contributed by atoms with Gasteiger partial charge in [0.25, 0.3) is 0 Å². The fraction of sp³-hybridized carbons (Fsp3) is 0.933. The predicted octanol–water partition coefficient (Wildman–Crippen LogP) is 1.25. The molecule has 1 saturated heterocycles. The summed E-state index contributed by atoms with van der Waals surface area (Å²) in [6.45, 7) is 14.4. The average Bonchev–Trinajstić information content (AvgIpc) is 2.39. The Hall–Kier alpha value is -0.650. The van der Waals surface area contributed by atoms with E-state index in [4.69, 9.17) is 0 Å². The molecular formula is C15H31N3O2. The first-order chi connectivity index (χ1) is 9.39. The van der Waals surface area contributed by atoms with Gasteiger partial charge < -0.3 is 15.3 Å². The number of nitrogens with one attached hydrogen (secondary N) is 1. The van der Waals surface area contributed by atoms with Gasteiger partial charge in [-0.15, -0.1) is 0 Å². The van der Waals surface area contributed by atoms with Crippen LogP contribution in [0.15, 0.2) is 0 Å². The third kappa shape index (κ3) is 5.04. The highest BCUT2D eigenvalue weighted by atomic mass is 16.4. The lowest BCUT2D eigenvalue weighted by molar-refractivity contribution is -0.144. The fourth-order valence-electron chi connectivity index (χ4n) is 2.82. The zero-order chi connectivity index (χ0) is 15.2. The summed E-state index contributed by atoms with van der Waals surface area (Å²) < 4.78 is 0. The standard InChI is InChI=1S/C15H31N3O2/c1-5-16-15(4,14(19)20)7-6-8-17-9-11-18(12-10-17)13(2)3/h13,16H,5-12H2,1-4H3,(H,19,20). The Morgan fingerprint density at radius 1 is 1.30 bits per heavy atom. The van der Waals surface area contributed by atoms with Crippen LogP contribution in [0.2, 0.25) is 0 Å². The van der Waals surface area contributed by atoms with Gasteiger partial charge in [-0.3, -0.25) is 9.69 Å². The molecule has 1 heterocycles. The molecule has 0 bridgehead atoms. The smallest absolute Gasteiger partial charge is 0.323 e. The molecule has 1 atom stereocenters. The van der Waals surface area contributed by atoms with E-state index in [1.807, 2.05) is 6.92 Å². The minimum Gasteiger partial charge on any atom is -0.480 e. The van der Waals surface area contributed by atoms with Crippen LogP contribution in [0.4, 0.5) is 0 Å². The van der Waals surface area contributed by atoms with Gasteiger partial charge in [-0.1, -0.05) is 6.92 Å². The SMILES string of the molecule is CCNC(C)(CCCN1CCN(C(C)C)CC1)C(=O)O. The summed E-state index contributed by atoms with van der Waals surface area (Å²) >= 11 is 0. The molecule has 2 N–H and O–H groups in total. The summed E-state index contributed by atoms with van der Waals surface area (Å²) in [5, 5.41) is 12.4. The predicted molar refractivity (Wildman–Crippen MR) is 82.1 cm³/mol. The number of carboxylic acids is 1. The Balaban J connectivity index is 2.29. The zero-order valence-electron chi connectivity index (χ0n) is 13.5.